The van der Waals surface area contributed by atoms with E-state index in [0.29, 0.717) is 0 Å². The van der Waals surface area contributed by atoms with Gasteiger partial charge in [0.1, 0.15) is 5.75 Å². The normalized spacial score (nSPS) is 20.6. The van der Waals surface area contributed by atoms with Crippen LogP contribution in [0.4, 0.5) is 0 Å². The van der Waals surface area contributed by atoms with Gasteiger partial charge >= 0.3 is 0 Å². The van der Waals surface area contributed by atoms with E-state index in [0.717, 1.165) is 17.6 Å². The Morgan fingerprint density at radius 1 is 1.00 bits per heavy atom. The summed E-state index contributed by atoms with van der Waals surface area (Å²) in [5.74, 6) is 0.903. The van der Waals surface area contributed by atoms with Gasteiger partial charge in [-0.05, 0) is 29.5 Å². The molecule has 2 aromatic carbocycles. The van der Waals surface area contributed by atoms with Crippen molar-refractivity contribution in [2.45, 2.75) is 11.8 Å². The van der Waals surface area contributed by atoms with Crippen LogP contribution in [0.1, 0.15) is 12.0 Å². The second kappa shape index (κ2) is 6.10. The van der Waals surface area contributed by atoms with Gasteiger partial charge in [0.2, 0.25) is 0 Å². The molecule has 1 unspecified atom stereocenters. The third kappa shape index (κ3) is 2.41. The molecule has 2 aromatic rings. The molecular formula is C20H20O2. The van der Waals surface area contributed by atoms with Gasteiger partial charge < -0.3 is 9.47 Å². The molecule has 0 heterocycles. The van der Waals surface area contributed by atoms with Gasteiger partial charge in [-0.3, -0.25) is 0 Å². The fraction of sp³-hybridized carbons (Fsp3) is 0.200. The lowest BCUT2D eigenvalue weighted by Crippen LogP contribution is -2.22. The zero-order valence-electron chi connectivity index (χ0n) is 13.0. The Morgan fingerprint density at radius 2 is 1.82 bits per heavy atom. The molecule has 22 heavy (non-hydrogen) atoms. The summed E-state index contributed by atoms with van der Waals surface area (Å²) in [5.41, 5.74) is 1.08. The first-order valence-corrected chi connectivity index (χ1v) is 7.42. The molecule has 0 aliphatic heterocycles. The minimum atomic E-state index is -0.184. The van der Waals surface area contributed by atoms with Crippen LogP contribution in [0, 0.1) is 0 Å². The number of hydrogen-bond acceptors (Lipinski definition) is 2. The highest BCUT2D eigenvalue weighted by atomic mass is 16.5. The number of hydrogen-bond donors (Lipinski definition) is 0. The van der Waals surface area contributed by atoms with Gasteiger partial charge in [0.05, 0.1) is 20.5 Å². The van der Waals surface area contributed by atoms with Gasteiger partial charge in [0, 0.05) is 10.8 Å². The predicted molar refractivity (Wildman–Crippen MR) is 91.2 cm³/mol. The molecule has 2 heteroatoms. The van der Waals surface area contributed by atoms with Crippen molar-refractivity contribution in [3.8, 4) is 5.75 Å². The molecule has 0 saturated carbocycles. The first-order valence-electron chi connectivity index (χ1n) is 7.42. The number of methoxy groups -OCH3 is 2. The van der Waals surface area contributed by atoms with Crippen LogP contribution in [0.2, 0.25) is 0 Å². The monoisotopic (exact) mass is 292 g/mol. The molecule has 2 nitrogen and oxygen atoms in total. The molecule has 0 saturated heterocycles. The van der Waals surface area contributed by atoms with Crippen LogP contribution in [0.3, 0.4) is 0 Å². The van der Waals surface area contributed by atoms with Crippen molar-refractivity contribution >= 4 is 10.8 Å². The standard InChI is InChI=1S/C20H20O2/c1-21-15-14-20(12-6-3-7-13-20)18-10-11-19(22-2)17-9-5-4-8-16(17)18/h3-12,14-15H,13H2,1-2H3. The topological polar surface area (TPSA) is 18.5 Å². The average molecular weight is 292 g/mol. The Kier molecular flexibility index (Phi) is 4.01. The van der Waals surface area contributed by atoms with Crippen LogP contribution in [0.5, 0.6) is 5.75 Å². The lowest BCUT2D eigenvalue weighted by atomic mass is 9.73. The van der Waals surface area contributed by atoms with E-state index in [1.54, 1.807) is 20.5 Å². The number of benzene rings is 2. The largest absolute Gasteiger partial charge is 0.505 e. The third-order valence-corrected chi connectivity index (χ3v) is 4.20. The zero-order chi connectivity index (χ0) is 15.4. The van der Waals surface area contributed by atoms with Gasteiger partial charge in [0.25, 0.3) is 0 Å². The maximum atomic E-state index is 5.51. The van der Waals surface area contributed by atoms with Gasteiger partial charge in [-0.25, -0.2) is 0 Å². The van der Waals surface area contributed by atoms with E-state index in [1.807, 2.05) is 12.1 Å². The Bertz CT molecular complexity index is 755. The van der Waals surface area contributed by atoms with Crippen LogP contribution in [-0.2, 0) is 10.2 Å². The Balaban J connectivity index is 2.25. The van der Waals surface area contributed by atoms with Gasteiger partial charge in [-0.15, -0.1) is 0 Å². The van der Waals surface area contributed by atoms with Crippen molar-refractivity contribution in [3.05, 3.63) is 78.6 Å². The molecule has 1 aliphatic rings. The smallest absolute Gasteiger partial charge is 0.126 e. The molecule has 112 valence electrons. The highest BCUT2D eigenvalue weighted by molar-refractivity contribution is 5.92. The second-order valence-electron chi connectivity index (χ2n) is 5.43. The van der Waals surface area contributed by atoms with Crippen molar-refractivity contribution in [2.75, 3.05) is 14.2 Å². The molecule has 0 radical (unpaired) electrons. The Labute approximate surface area is 131 Å². The summed E-state index contributed by atoms with van der Waals surface area (Å²) in [6, 6.07) is 12.6. The molecule has 0 bridgehead atoms. The fourth-order valence-corrected chi connectivity index (χ4v) is 3.09. The van der Waals surface area contributed by atoms with Gasteiger partial charge in [0.15, 0.2) is 0 Å². The summed E-state index contributed by atoms with van der Waals surface area (Å²) in [6.07, 6.45) is 13.4. The molecule has 1 aliphatic carbocycles. The molecular weight excluding hydrogens is 272 g/mol. The molecule has 3 rings (SSSR count). The van der Waals surface area contributed by atoms with Gasteiger partial charge in [-0.1, -0.05) is 54.6 Å². The Morgan fingerprint density at radius 3 is 2.50 bits per heavy atom. The fourth-order valence-electron chi connectivity index (χ4n) is 3.09. The van der Waals surface area contributed by atoms with Crippen molar-refractivity contribution < 1.29 is 9.47 Å². The predicted octanol–water partition coefficient (Wildman–Crippen LogP) is 4.76. The minimum Gasteiger partial charge on any atom is -0.505 e. The lowest BCUT2D eigenvalue weighted by Gasteiger charge is -2.30. The number of fused-ring (bicyclic) bond motifs is 1. The highest BCUT2D eigenvalue weighted by Gasteiger charge is 2.29. The van der Waals surface area contributed by atoms with Gasteiger partial charge in [-0.2, -0.15) is 0 Å². The van der Waals surface area contributed by atoms with Crippen molar-refractivity contribution in [1.82, 2.24) is 0 Å². The van der Waals surface area contributed by atoms with Crippen LogP contribution in [-0.4, -0.2) is 14.2 Å². The summed E-state index contributed by atoms with van der Waals surface area (Å²) in [5, 5.41) is 2.35. The van der Waals surface area contributed by atoms with E-state index in [1.165, 1.54) is 10.9 Å². The number of allylic oxidation sites excluding steroid dienone is 5. The number of rotatable bonds is 4. The van der Waals surface area contributed by atoms with E-state index in [-0.39, 0.29) is 5.41 Å². The SMILES string of the molecule is COC=CC1(c2ccc(OC)c3ccccc23)C=CC=CC1. The summed E-state index contributed by atoms with van der Waals surface area (Å²) in [7, 11) is 3.39. The summed E-state index contributed by atoms with van der Waals surface area (Å²) < 4.78 is 10.7. The first kappa shape index (κ1) is 14.5. The van der Waals surface area contributed by atoms with Crippen molar-refractivity contribution in [2.24, 2.45) is 0 Å². The summed E-state index contributed by atoms with van der Waals surface area (Å²) in [4.78, 5) is 0. The van der Waals surface area contributed by atoms with E-state index >= 15 is 0 Å². The maximum Gasteiger partial charge on any atom is 0.126 e. The van der Waals surface area contributed by atoms with E-state index in [2.05, 4.69) is 54.6 Å². The quantitative estimate of drug-likeness (QED) is 0.756. The summed E-state index contributed by atoms with van der Waals surface area (Å²) in [6.45, 7) is 0. The van der Waals surface area contributed by atoms with Crippen molar-refractivity contribution in [1.29, 1.82) is 0 Å². The minimum absolute atomic E-state index is 0.184. The Hall–Kier alpha value is -2.48. The number of ether oxygens (including phenoxy) is 2. The van der Waals surface area contributed by atoms with Crippen molar-refractivity contribution in [3.63, 3.8) is 0 Å². The van der Waals surface area contributed by atoms with E-state index < -0.39 is 0 Å². The maximum absolute atomic E-state index is 5.51. The summed E-state index contributed by atoms with van der Waals surface area (Å²) >= 11 is 0. The lowest BCUT2D eigenvalue weighted by molar-refractivity contribution is 0.333. The molecule has 0 aromatic heterocycles. The van der Waals surface area contributed by atoms with Crippen LogP contribution >= 0.6 is 0 Å². The molecule has 0 N–H and O–H groups in total. The van der Waals surface area contributed by atoms with Crippen LogP contribution in [0.25, 0.3) is 10.8 Å². The van der Waals surface area contributed by atoms with Crippen LogP contribution in [0.15, 0.2) is 73.0 Å². The molecule has 1 atom stereocenters. The van der Waals surface area contributed by atoms with Crippen LogP contribution < -0.4 is 4.74 Å². The van der Waals surface area contributed by atoms with E-state index in [4.69, 9.17) is 9.47 Å². The third-order valence-electron chi connectivity index (χ3n) is 4.20. The van der Waals surface area contributed by atoms with E-state index in [9.17, 15) is 0 Å². The highest BCUT2D eigenvalue weighted by Crippen LogP contribution is 2.40. The molecule has 0 amide bonds. The average Bonchev–Trinajstić information content (AvgIpc) is 2.59. The first-order chi connectivity index (χ1) is 10.8. The molecule has 0 spiro atoms. The second-order valence-corrected chi connectivity index (χ2v) is 5.43. The zero-order valence-corrected chi connectivity index (χ0v) is 13.0. The molecule has 0 fully saturated rings.